The van der Waals surface area contributed by atoms with Gasteiger partial charge in [-0.2, -0.15) is 0 Å². The van der Waals surface area contributed by atoms with E-state index >= 15 is 0 Å². The van der Waals surface area contributed by atoms with Crippen LogP contribution in [0.3, 0.4) is 0 Å². The summed E-state index contributed by atoms with van der Waals surface area (Å²) in [7, 11) is 1.80. The zero-order valence-corrected chi connectivity index (χ0v) is 19.6. The van der Waals surface area contributed by atoms with Crippen LogP contribution in [-0.2, 0) is 17.8 Å². The Morgan fingerprint density at radius 1 is 1.10 bits per heavy atom. The topological polar surface area (TPSA) is 69.2 Å². The summed E-state index contributed by atoms with van der Waals surface area (Å²) in [5, 5.41) is 6.43. The molecule has 2 N–H and O–H groups in total. The maximum atomic E-state index is 12.0. The maximum absolute atomic E-state index is 12.0. The first kappa shape index (κ1) is 23.4. The summed E-state index contributed by atoms with van der Waals surface area (Å²) in [5.41, 5.74) is 2.14. The average Bonchev–Trinajstić information content (AvgIpc) is 3.17. The van der Waals surface area contributed by atoms with E-state index in [0.717, 1.165) is 38.6 Å². The smallest absolute Gasteiger partial charge is 0.407 e. The standard InChI is InChI=1S/C24H39N5O2/c1-24(2,3)31-23(30)27-21-12-15-29(18-21)22(25-4)26-16-19-8-10-20(11-9-19)17-28-13-6-5-7-14-28/h8-11,21H,5-7,12-18H2,1-4H3,(H,25,26)(H,27,30). The monoisotopic (exact) mass is 429 g/mol. The molecule has 2 fully saturated rings. The molecule has 0 aliphatic carbocycles. The van der Waals surface area contributed by atoms with Crippen molar-refractivity contribution in [1.82, 2.24) is 20.4 Å². The summed E-state index contributed by atoms with van der Waals surface area (Å²) < 4.78 is 5.37. The molecule has 172 valence electrons. The molecule has 1 aromatic rings. The molecular weight excluding hydrogens is 390 g/mol. The predicted octanol–water partition coefficient (Wildman–Crippen LogP) is 3.35. The van der Waals surface area contributed by atoms with Gasteiger partial charge in [-0.3, -0.25) is 9.89 Å². The SMILES string of the molecule is CN=C(NCc1ccc(CN2CCCCC2)cc1)N1CCC(NC(=O)OC(C)(C)C)C1. The van der Waals surface area contributed by atoms with E-state index in [9.17, 15) is 4.79 Å². The quantitative estimate of drug-likeness (QED) is 0.555. The zero-order chi connectivity index (χ0) is 22.3. The number of aliphatic imine (C=N–C) groups is 1. The molecule has 2 saturated heterocycles. The second-order valence-corrected chi connectivity index (χ2v) is 9.63. The minimum atomic E-state index is -0.483. The number of carbonyl (C=O) groups is 1. The highest BCUT2D eigenvalue weighted by Crippen LogP contribution is 2.15. The van der Waals surface area contributed by atoms with Gasteiger partial charge in [-0.1, -0.05) is 30.7 Å². The molecule has 0 radical (unpaired) electrons. The molecule has 3 rings (SSSR count). The lowest BCUT2D eigenvalue weighted by Crippen LogP contribution is -2.44. The van der Waals surface area contributed by atoms with E-state index < -0.39 is 5.60 Å². The van der Waals surface area contributed by atoms with Crippen LogP contribution in [0.25, 0.3) is 0 Å². The number of likely N-dealkylation sites (tertiary alicyclic amines) is 2. The van der Waals surface area contributed by atoms with Crippen LogP contribution < -0.4 is 10.6 Å². The van der Waals surface area contributed by atoms with Crippen LogP contribution in [0.4, 0.5) is 4.79 Å². The predicted molar refractivity (Wildman–Crippen MR) is 125 cm³/mol. The van der Waals surface area contributed by atoms with Crippen molar-refractivity contribution in [3.63, 3.8) is 0 Å². The maximum Gasteiger partial charge on any atom is 0.407 e. The van der Waals surface area contributed by atoms with Crippen LogP contribution in [0, 0.1) is 0 Å². The first-order valence-electron chi connectivity index (χ1n) is 11.6. The Morgan fingerprint density at radius 2 is 1.77 bits per heavy atom. The Morgan fingerprint density at radius 3 is 2.42 bits per heavy atom. The molecule has 2 aliphatic heterocycles. The fourth-order valence-electron chi connectivity index (χ4n) is 4.20. The van der Waals surface area contributed by atoms with E-state index in [-0.39, 0.29) is 12.1 Å². The van der Waals surface area contributed by atoms with Gasteiger partial charge in [0.25, 0.3) is 0 Å². The Kier molecular flexibility index (Phi) is 8.18. The van der Waals surface area contributed by atoms with Gasteiger partial charge in [-0.05, 0) is 64.3 Å². The third-order valence-electron chi connectivity index (χ3n) is 5.75. The van der Waals surface area contributed by atoms with Crippen LogP contribution in [-0.4, -0.2) is 66.7 Å². The number of ether oxygens (including phenoxy) is 1. The summed E-state index contributed by atoms with van der Waals surface area (Å²) in [6.45, 7) is 11.4. The third kappa shape index (κ3) is 7.73. The number of alkyl carbamates (subject to hydrolysis) is 1. The highest BCUT2D eigenvalue weighted by atomic mass is 16.6. The average molecular weight is 430 g/mol. The van der Waals surface area contributed by atoms with Gasteiger partial charge in [-0.25, -0.2) is 4.79 Å². The molecule has 2 aliphatic rings. The van der Waals surface area contributed by atoms with Gasteiger partial charge in [0.2, 0.25) is 0 Å². The van der Waals surface area contributed by atoms with Crippen molar-refractivity contribution in [2.24, 2.45) is 4.99 Å². The number of carbonyl (C=O) groups excluding carboxylic acids is 1. The number of hydrogen-bond donors (Lipinski definition) is 2. The van der Waals surface area contributed by atoms with Crippen molar-refractivity contribution in [1.29, 1.82) is 0 Å². The Balaban J connectivity index is 1.43. The number of amides is 1. The number of rotatable bonds is 5. The number of guanidine groups is 1. The molecule has 2 heterocycles. The molecule has 1 unspecified atom stereocenters. The Bertz CT molecular complexity index is 735. The van der Waals surface area contributed by atoms with E-state index in [2.05, 4.69) is 49.7 Å². The number of nitrogens with one attached hydrogen (secondary N) is 2. The van der Waals surface area contributed by atoms with Crippen molar-refractivity contribution in [3.05, 3.63) is 35.4 Å². The van der Waals surface area contributed by atoms with Gasteiger partial charge in [0.15, 0.2) is 5.96 Å². The number of piperidine rings is 1. The first-order chi connectivity index (χ1) is 14.8. The van der Waals surface area contributed by atoms with Crippen molar-refractivity contribution >= 4 is 12.1 Å². The zero-order valence-electron chi connectivity index (χ0n) is 19.6. The van der Waals surface area contributed by atoms with Crippen LogP contribution in [0.1, 0.15) is 57.6 Å². The van der Waals surface area contributed by atoms with E-state index in [1.807, 2.05) is 20.8 Å². The Labute approximate surface area is 187 Å². The number of nitrogens with zero attached hydrogens (tertiary/aromatic N) is 3. The second-order valence-electron chi connectivity index (χ2n) is 9.63. The largest absolute Gasteiger partial charge is 0.444 e. The summed E-state index contributed by atoms with van der Waals surface area (Å²) in [5.74, 6) is 0.867. The molecular formula is C24H39N5O2. The van der Waals surface area contributed by atoms with Crippen LogP contribution in [0.15, 0.2) is 29.3 Å². The molecule has 7 nitrogen and oxygen atoms in total. The summed E-state index contributed by atoms with van der Waals surface area (Å²) in [4.78, 5) is 21.2. The van der Waals surface area contributed by atoms with Crippen LogP contribution in [0.2, 0.25) is 0 Å². The molecule has 31 heavy (non-hydrogen) atoms. The molecule has 1 amide bonds. The van der Waals surface area contributed by atoms with Gasteiger partial charge < -0.3 is 20.3 Å². The van der Waals surface area contributed by atoms with E-state index in [0.29, 0.717) is 0 Å². The molecule has 1 aromatic carbocycles. The summed E-state index contributed by atoms with van der Waals surface area (Å²) >= 11 is 0. The lowest BCUT2D eigenvalue weighted by Gasteiger charge is -2.26. The van der Waals surface area contributed by atoms with Gasteiger partial charge in [0.1, 0.15) is 5.60 Å². The number of benzene rings is 1. The van der Waals surface area contributed by atoms with Crippen molar-refractivity contribution in [2.75, 3.05) is 33.2 Å². The normalized spacial score (nSPS) is 20.6. The highest BCUT2D eigenvalue weighted by molar-refractivity contribution is 5.80. The van der Waals surface area contributed by atoms with Gasteiger partial charge in [-0.15, -0.1) is 0 Å². The van der Waals surface area contributed by atoms with Crippen molar-refractivity contribution < 1.29 is 9.53 Å². The molecule has 0 saturated carbocycles. The number of hydrogen-bond acceptors (Lipinski definition) is 4. The molecule has 7 heteroatoms. The van der Waals surface area contributed by atoms with Crippen LogP contribution >= 0.6 is 0 Å². The van der Waals surface area contributed by atoms with Crippen LogP contribution in [0.5, 0.6) is 0 Å². The lowest BCUT2D eigenvalue weighted by atomic mass is 10.1. The van der Waals surface area contributed by atoms with Crippen molar-refractivity contribution in [2.45, 2.75) is 71.2 Å². The fraction of sp³-hybridized carbons (Fsp3) is 0.667. The van der Waals surface area contributed by atoms with E-state index in [4.69, 9.17) is 4.74 Å². The first-order valence-corrected chi connectivity index (χ1v) is 11.6. The van der Waals surface area contributed by atoms with E-state index in [1.165, 1.54) is 43.5 Å². The second kappa shape index (κ2) is 10.8. The van der Waals surface area contributed by atoms with Gasteiger partial charge in [0, 0.05) is 33.2 Å². The summed E-state index contributed by atoms with van der Waals surface area (Å²) in [6.07, 6.45) is 4.55. The summed E-state index contributed by atoms with van der Waals surface area (Å²) in [6, 6.07) is 8.96. The van der Waals surface area contributed by atoms with Gasteiger partial charge >= 0.3 is 6.09 Å². The molecule has 0 spiro atoms. The molecule has 1 atom stereocenters. The molecule has 0 aromatic heterocycles. The minimum absolute atomic E-state index is 0.0717. The third-order valence-corrected chi connectivity index (χ3v) is 5.75. The minimum Gasteiger partial charge on any atom is -0.444 e. The molecule has 0 bridgehead atoms. The fourth-order valence-corrected chi connectivity index (χ4v) is 4.20. The van der Waals surface area contributed by atoms with Gasteiger partial charge in [0.05, 0.1) is 6.04 Å². The van der Waals surface area contributed by atoms with Crippen molar-refractivity contribution in [3.8, 4) is 0 Å². The Hall–Kier alpha value is -2.28. The lowest BCUT2D eigenvalue weighted by molar-refractivity contribution is 0.0507. The van der Waals surface area contributed by atoms with E-state index in [1.54, 1.807) is 7.05 Å². The highest BCUT2D eigenvalue weighted by Gasteiger charge is 2.27.